The first kappa shape index (κ1) is 23.3. The molecular weight excluding hydrogens is 434 g/mol. The maximum Gasteiger partial charge on any atom is 0.274 e. The molecule has 1 aromatic heterocycles. The number of morpholine rings is 1. The van der Waals surface area contributed by atoms with Crippen molar-refractivity contribution >= 4 is 23.2 Å². The maximum absolute atomic E-state index is 13.0. The fraction of sp³-hybridized carbons (Fsp3) is 0.320. The molecule has 2 aromatic carbocycles. The molecule has 178 valence electrons. The summed E-state index contributed by atoms with van der Waals surface area (Å²) < 4.78 is 12.2. The van der Waals surface area contributed by atoms with E-state index in [0.717, 1.165) is 43.4 Å². The van der Waals surface area contributed by atoms with Crippen LogP contribution in [0.4, 0.5) is 11.4 Å². The summed E-state index contributed by atoms with van der Waals surface area (Å²) in [5, 5.41) is 7.26. The topological polar surface area (TPSA) is 88.9 Å². The van der Waals surface area contributed by atoms with Crippen LogP contribution in [-0.2, 0) is 9.53 Å². The SMILES string of the molecule is CCN(CC(=O)Nc1ccc(N2CCOCC2)cc1)C(=O)c1ccn(-c2ccc(OC)cc2)n1. The number of carbonyl (C=O) groups excluding carboxylic acids is 2. The summed E-state index contributed by atoms with van der Waals surface area (Å²) in [5.41, 5.74) is 2.87. The van der Waals surface area contributed by atoms with Gasteiger partial charge in [0.2, 0.25) is 5.91 Å². The number of benzene rings is 2. The van der Waals surface area contributed by atoms with Crippen molar-refractivity contribution in [2.75, 3.05) is 56.7 Å². The van der Waals surface area contributed by atoms with Gasteiger partial charge in [0.05, 0.1) is 26.0 Å². The standard InChI is InChI=1S/C25H29N5O4/c1-3-28(25(32)23-12-13-30(27-23)21-8-10-22(33-2)11-9-21)18-24(31)26-19-4-6-20(7-5-19)29-14-16-34-17-15-29/h4-13H,3,14-18H2,1-2H3,(H,26,31). The predicted octanol–water partition coefficient (Wildman–Crippen LogP) is 2.82. The fourth-order valence-electron chi connectivity index (χ4n) is 3.76. The third-order valence-electron chi connectivity index (χ3n) is 5.68. The van der Waals surface area contributed by atoms with E-state index in [9.17, 15) is 9.59 Å². The number of carbonyl (C=O) groups is 2. The van der Waals surface area contributed by atoms with E-state index in [4.69, 9.17) is 9.47 Å². The van der Waals surface area contributed by atoms with Crippen LogP contribution in [0.2, 0.25) is 0 Å². The molecule has 1 N–H and O–H groups in total. The lowest BCUT2D eigenvalue weighted by atomic mass is 10.2. The first-order valence-electron chi connectivity index (χ1n) is 11.3. The van der Waals surface area contributed by atoms with Crippen molar-refractivity contribution in [2.24, 2.45) is 0 Å². The van der Waals surface area contributed by atoms with Crippen LogP contribution in [0, 0.1) is 0 Å². The molecule has 0 saturated carbocycles. The third-order valence-corrected chi connectivity index (χ3v) is 5.68. The summed E-state index contributed by atoms with van der Waals surface area (Å²) in [6, 6.07) is 16.7. The summed E-state index contributed by atoms with van der Waals surface area (Å²) >= 11 is 0. The van der Waals surface area contributed by atoms with Gasteiger partial charge >= 0.3 is 0 Å². The van der Waals surface area contributed by atoms with Crippen LogP contribution in [0.5, 0.6) is 5.75 Å². The molecule has 1 aliphatic heterocycles. The highest BCUT2D eigenvalue weighted by molar-refractivity contribution is 5.98. The highest BCUT2D eigenvalue weighted by Gasteiger charge is 2.20. The van der Waals surface area contributed by atoms with Crippen LogP contribution < -0.4 is 15.0 Å². The highest BCUT2D eigenvalue weighted by atomic mass is 16.5. The molecule has 0 unspecified atom stereocenters. The molecule has 1 saturated heterocycles. The number of aromatic nitrogens is 2. The van der Waals surface area contributed by atoms with Crippen LogP contribution in [0.3, 0.4) is 0 Å². The molecule has 9 heteroatoms. The minimum Gasteiger partial charge on any atom is -0.497 e. The molecule has 0 aliphatic carbocycles. The number of likely N-dealkylation sites (N-methyl/N-ethyl adjacent to an activating group) is 1. The summed E-state index contributed by atoms with van der Waals surface area (Å²) in [6.07, 6.45) is 1.72. The average molecular weight is 464 g/mol. The number of methoxy groups -OCH3 is 1. The van der Waals surface area contributed by atoms with E-state index < -0.39 is 0 Å². The second-order valence-corrected chi connectivity index (χ2v) is 7.86. The van der Waals surface area contributed by atoms with Crippen molar-refractivity contribution in [1.82, 2.24) is 14.7 Å². The first-order valence-corrected chi connectivity index (χ1v) is 11.3. The molecule has 2 heterocycles. The van der Waals surface area contributed by atoms with Crippen molar-refractivity contribution in [3.8, 4) is 11.4 Å². The van der Waals surface area contributed by atoms with Gasteiger partial charge in [0, 0.05) is 37.2 Å². The van der Waals surface area contributed by atoms with Gasteiger partial charge in [-0.3, -0.25) is 9.59 Å². The number of amides is 2. The maximum atomic E-state index is 13.0. The Morgan fingerprint density at radius 1 is 1.03 bits per heavy atom. The Bertz CT molecular complexity index is 1110. The van der Waals surface area contributed by atoms with E-state index in [0.29, 0.717) is 12.2 Å². The van der Waals surface area contributed by atoms with Crippen molar-refractivity contribution in [3.05, 3.63) is 66.5 Å². The Hall–Kier alpha value is -3.85. The van der Waals surface area contributed by atoms with Crippen molar-refractivity contribution in [1.29, 1.82) is 0 Å². The number of anilines is 2. The van der Waals surface area contributed by atoms with E-state index >= 15 is 0 Å². The van der Waals surface area contributed by atoms with E-state index in [1.54, 1.807) is 24.1 Å². The van der Waals surface area contributed by atoms with Gasteiger partial charge in [-0.15, -0.1) is 0 Å². The molecular formula is C25H29N5O4. The van der Waals surface area contributed by atoms with Gasteiger partial charge in [0.25, 0.3) is 5.91 Å². The van der Waals surface area contributed by atoms with Crippen LogP contribution in [0.1, 0.15) is 17.4 Å². The zero-order chi connectivity index (χ0) is 23.9. The van der Waals surface area contributed by atoms with Crippen LogP contribution >= 0.6 is 0 Å². The number of nitrogens with zero attached hydrogens (tertiary/aromatic N) is 4. The Morgan fingerprint density at radius 3 is 2.35 bits per heavy atom. The fourth-order valence-corrected chi connectivity index (χ4v) is 3.76. The molecule has 4 rings (SSSR count). The second kappa shape index (κ2) is 10.8. The zero-order valence-electron chi connectivity index (χ0n) is 19.4. The zero-order valence-corrected chi connectivity index (χ0v) is 19.4. The predicted molar refractivity (Wildman–Crippen MR) is 130 cm³/mol. The highest BCUT2D eigenvalue weighted by Crippen LogP contribution is 2.19. The summed E-state index contributed by atoms with van der Waals surface area (Å²) in [6.45, 7) is 5.31. The number of rotatable bonds is 8. The summed E-state index contributed by atoms with van der Waals surface area (Å²) in [5.74, 6) is 0.183. The molecule has 2 amide bonds. The van der Waals surface area contributed by atoms with Gasteiger partial charge in [0.1, 0.15) is 12.3 Å². The summed E-state index contributed by atoms with van der Waals surface area (Å²) in [7, 11) is 1.61. The molecule has 0 spiro atoms. The first-order chi connectivity index (χ1) is 16.6. The molecule has 0 radical (unpaired) electrons. The molecule has 0 bridgehead atoms. The molecule has 34 heavy (non-hydrogen) atoms. The third kappa shape index (κ3) is 5.55. The largest absolute Gasteiger partial charge is 0.497 e. The van der Waals surface area contributed by atoms with Crippen molar-refractivity contribution in [3.63, 3.8) is 0 Å². The van der Waals surface area contributed by atoms with Gasteiger partial charge < -0.3 is 24.6 Å². The van der Waals surface area contributed by atoms with Crippen LogP contribution in [0.25, 0.3) is 5.69 Å². The van der Waals surface area contributed by atoms with E-state index in [2.05, 4.69) is 15.3 Å². The van der Waals surface area contributed by atoms with E-state index in [1.165, 1.54) is 4.90 Å². The number of hydrogen-bond donors (Lipinski definition) is 1. The Labute approximate surface area is 198 Å². The van der Waals surface area contributed by atoms with Crippen molar-refractivity contribution < 1.29 is 19.1 Å². The van der Waals surface area contributed by atoms with Crippen LogP contribution in [0.15, 0.2) is 60.8 Å². The van der Waals surface area contributed by atoms with Gasteiger partial charge in [-0.05, 0) is 61.5 Å². The Kier molecular flexibility index (Phi) is 7.44. The van der Waals surface area contributed by atoms with Gasteiger partial charge in [0.15, 0.2) is 5.69 Å². The number of ether oxygens (including phenoxy) is 2. The molecule has 3 aromatic rings. The van der Waals surface area contributed by atoms with Crippen molar-refractivity contribution in [2.45, 2.75) is 6.92 Å². The molecule has 0 atom stereocenters. The van der Waals surface area contributed by atoms with Gasteiger partial charge in [-0.25, -0.2) is 4.68 Å². The normalized spacial score (nSPS) is 13.4. The molecule has 1 fully saturated rings. The molecule has 9 nitrogen and oxygen atoms in total. The van der Waals surface area contributed by atoms with E-state index in [1.807, 2.05) is 55.5 Å². The minimum atomic E-state index is -0.299. The lowest BCUT2D eigenvalue weighted by Crippen LogP contribution is -2.38. The number of hydrogen-bond acceptors (Lipinski definition) is 6. The Morgan fingerprint density at radius 2 is 1.71 bits per heavy atom. The quantitative estimate of drug-likeness (QED) is 0.553. The van der Waals surface area contributed by atoms with Crippen LogP contribution in [-0.4, -0.2) is 73.0 Å². The van der Waals surface area contributed by atoms with Gasteiger partial charge in [-0.2, -0.15) is 5.10 Å². The lowest BCUT2D eigenvalue weighted by Gasteiger charge is -2.29. The van der Waals surface area contributed by atoms with Gasteiger partial charge in [-0.1, -0.05) is 0 Å². The number of nitrogens with one attached hydrogen (secondary N) is 1. The smallest absolute Gasteiger partial charge is 0.274 e. The second-order valence-electron chi connectivity index (χ2n) is 7.86. The molecule has 1 aliphatic rings. The average Bonchev–Trinajstić information content (AvgIpc) is 3.38. The Balaban J connectivity index is 1.35. The van der Waals surface area contributed by atoms with E-state index in [-0.39, 0.29) is 24.1 Å². The monoisotopic (exact) mass is 463 g/mol. The lowest BCUT2D eigenvalue weighted by molar-refractivity contribution is -0.116. The minimum absolute atomic E-state index is 0.0596. The summed E-state index contributed by atoms with van der Waals surface area (Å²) in [4.78, 5) is 29.3.